The van der Waals surface area contributed by atoms with E-state index in [4.69, 9.17) is 10.8 Å². The van der Waals surface area contributed by atoms with Crippen molar-refractivity contribution in [2.24, 2.45) is 5.73 Å². The summed E-state index contributed by atoms with van der Waals surface area (Å²) in [6.45, 7) is 3.24. The first kappa shape index (κ1) is 15.5. The van der Waals surface area contributed by atoms with Crippen LogP contribution >= 0.6 is 11.8 Å². The van der Waals surface area contributed by atoms with Gasteiger partial charge in [0.1, 0.15) is 5.54 Å². The molecule has 3 N–H and O–H groups in total. The Morgan fingerprint density at radius 3 is 2.68 bits per heavy atom. The number of rotatable bonds is 6. The summed E-state index contributed by atoms with van der Waals surface area (Å²) in [4.78, 5) is 21.9. The van der Waals surface area contributed by atoms with E-state index >= 15 is 0 Å². The lowest BCUT2D eigenvalue weighted by molar-refractivity contribution is -0.387. The van der Waals surface area contributed by atoms with Gasteiger partial charge in [0.2, 0.25) is 0 Å². The zero-order chi connectivity index (χ0) is 14.6. The Kier molecular flexibility index (Phi) is 4.90. The number of para-hydroxylation sites is 1. The van der Waals surface area contributed by atoms with Crippen molar-refractivity contribution in [1.82, 2.24) is 0 Å². The molecule has 0 amide bonds. The molecule has 2 unspecified atom stereocenters. The highest BCUT2D eigenvalue weighted by Crippen LogP contribution is 2.34. The van der Waals surface area contributed by atoms with Crippen LogP contribution in [0.3, 0.4) is 0 Å². The number of nitro groups is 1. The summed E-state index contributed by atoms with van der Waals surface area (Å²) in [5.41, 5.74) is 4.35. The van der Waals surface area contributed by atoms with E-state index in [1.807, 2.05) is 0 Å². The quantitative estimate of drug-likeness (QED) is 0.471. The van der Waals surface area contributed by atoms with Gasteiger partial charge in [0.15, 0.2) is 0 Å². The molecular formula is C12H16N2O4S. The number of nitro benzene ring substituents is 1. The van der Waals surface area contributed by atoms with E-state index in [1.165, 1.54) is 24.8 Å². The lowest BCUT2D eigenvalue weighted by Gasteiger charge is -2.22. The Balaban J connectivity index is 2.81. The second kappa shape index (κ2) is 6.03. The molecular weight excluding hydrogens is 268 g/mol. The highest BCUT2D eigenvalue weighted by atomic mass is 32.2. The Bertz CT molecular complexity index is 490. The lowest BCUT2D eigenvalue weighted by Crippen LogP contribution is -2.46. The first-order chi connectivity index (χ1) is 8.74. The van der Waals surface area contributed by atoms with Crippen LogP contribution in [0.2, 0.25) is 0 Å². The standard InChI is InChI=1S/C12H16N2O4S/c1-8(7-12(2,13)11(15)16)19-10-6-4-3-5-9(10)14(17)18/h3-6,8H,7,13H2,1-2H3,(H,15,16). The molecule has 19 heavy (non-hydrogen) atoms. The van der Waals surface area contributed by atoms with E-state index in [1.54, 1.807) is 25.1 Å². The van der Waals surface area contributed by atoms with Crippen molar-refractivity contribution in [2.75, 3.05) is 0 Å². The van der Waals surface area contributed by atoms with Crippen LogP contribution in [-0.2, 0) is 4.79 Å². The van der Waals surface area contributed by atoms with Crippen LogP contribution in [-0.4, -0.2) is 26.8 Å². The average molecular weight is 284 g/mol. The third kappa shape index (κ3) is 4.22. The molecule has 7 heteroatoms. The van der Waals surface area contributed by atoms with Crippen molar-refractivity contribution in [3.8, 4) is 0 Å². The molecule has 0 bridgehead atoms. The SMILES string of the molecule is CC(CC(C)(N)C(=O)O)Sc1ccccc1[N+](=O)[O-]. The van der Waals surface area contributed by atoms with E-state index in [0.717, 1.165) is 0 Å². The van der Waals surface area contributed by atoms with E-state index < -0.39 is 16.4 Å². The lowest BCUT2D eigenvalue weighted by atomic mass is 9.98. The molecule has 2 atom stereocenters. The summed E-state index contributed by atoms with van der Waals surface area (Å²) in [6.07, 6.45) is 0.221. The van der Waals surface area contributed by atoms with Crippen molar-refractivity contribution in [1.29, 1.82) is 0 Å². The minimum Gasteiger partial charge on any atom is -0.480 e. The normalized spacial score (nSPS) is 15.5. The van der Waals surface area contributed by atoms with Crippen LogP contribution in [0, 0.1) is 10.1 Å². The molecule has 6 nitrogen and oxygen atoms in total. The number of carboxylic acid groups (broad SMARTS) is 1. The second-order valence-corrected chi connectivity index (χ2v) is 6.06. The third-order valence-corrected chi connectivity index (χ3v) is 3.76. The van der Waals surface area contributed by atoms with E-state index in [0.29, 0.717) is 4.90 Å². The summed E-state index contributed by atoms with van der Waals surface area (Å²) in [5.74, 6) is -1.08. The maximum atomic E-state index is 10.9. The zero-order valence-electron chi connectivity index (χ0n) is 10.7. The summed E-state index contributed by atoms with van der Waals surface area (Å²) < 4.78 is 0. The van der Waals surface area contributed by atoms with Gasteiger partial charge in [-0.15, -0.1) is 11.8 Å². The Morgan fingerprint density at radius 1 is 1.58 bits per heavy atom. The van der Waals surface area contributed by atoms with Gasteiger partial charge in [0.25, 0.3) is 5.69 Å². The summed E-state index contributed by atoms with van der Waals surface area (Å²) in [5, 5.41) is 19.7. The van der Waals surface area contributed by atoms with Gasteiger partial charge >= 0.3 is 5.97 Å². The van der Waals surface area contributed by atoms with Gasteiger partial charge in [-0.1, -0.05) is 19.1 Å². The molecule has 0 fully saturated rings. The van der Waals surface area contributed by atoms with Gasteiger partial charge in [-0.3, -0.25) is 14.9 Å². The minimum atomic E-state index is -1.34. The smallest absolute Gasteiger partial charge is 0.323 e. The maximum Gasteiger partial charge on any atom is 0.323 e. The van der Waals surface area contributed by atoms with Gasteiger partial charge in [-0.05, 0) is 19.4 Å². The first-order valence-corrected chi connectivity index (χ1v) is 6.54. The minimum absolute atomic E-state index is 0.0217. The largest absolute Gasteiger partial charge is 0.480 e. The molecule has 0 radical (unpaired) electrons. The van der Waals surface area contributed by atoms with Crippen molar-refractivity contribution >= 4 is 23.4 Å². The zero-order valence-corrected chi connectivity index (χ0v) is 11.5. The van der Waals surface area contributed by atoms with E-state index in [-0.39, 0.29) is 17.4 Å². The highest BCUT2D eigenvalue weighted by Gasteiger charge is 2.30. The predicted octanol–water partition coefficient (Wildman–Crippen LogP) is 2.27. The Hall–Kier alpha value is -1.60. The molecule has 0 spiro atoms. The number of hydrogen-bond donors (Lipinski definition) is 2. The van der Waals surface area contributed by atoms with Gasteiger partial charge in [0, 0.05) is 11.3 Å². The predicted molar refractivity (Wildman–Crippen MR) is 73.3 cm³/mol. The van der Waals surface area contributed by atoms with Gasteiger partial charge in [-0.2, -0.15) is 0 Å². The molecule has 0 saturated carbocycles. The van der Waals surface area contributed by atoms with Crippen LogP contribution in [0.25, 0.3) is 0 Å². The fraction of sp³-hybridized carbons (Fsp3) is 0.417. The average Bonchev–Trinajstić information content (AvgIpc) is 2.28. The number of carboxylic acids is 1. The Morgan fingerprint density at radius 2 is 2.16 bits per heavy atom. The summed E-state index contributed by atoms with van der Waals surface area (Å²) >= 11 is 1.26. The summed E-state index contributed by atoms with van der Waals surface area (Å²) in [7, 11) is 0. The number of aliphatic carboxylic acids is 1. The Labute approximate surface area is 115 Å². The number of carbonyl (C=O) groups is 1. The monoisotopic (exact) mass is 284 g/mol. The molecule has 0 aliphatic heterocycles. The van der Waals surface area contributed by atoms with Crippen LogP contribution in [0.5, 0.6) is 0 Å². The molecule has 0 aromatic heterocycles. The van der Waals surface area contributed by atoms with Crippen LogP contribution in [0.1, 0.15) is 20.3 Å². The molecule has 1 aromatic rings. The number of nitrogens with zero attached hydrogens (tertiary/aromatic N) is 1. The van der Waals surface area contributed by atoms with Gasteiger partial charge < -0.3 is 10.8 Å². The fourth-order valence-corrected chi connectivity index (χ4v) is 2.93. The van der Waals surface area contributed by atoms with Crippen LogP contribution in [0.4, 0.5) is 5.69 Å². The van der Waals surface area contributed by atoms with Crippen molar-refractivity contribution in [2.45, 2.75) is 36.0 Å². The molecule has 1 rings (SSSR count). The molecule has 0 aliphatic carbocycles. The van der Waals surface area contributed by atoms with E-state index in [9.17, 15) is 14.9 Å². The molecule has 0 aliphatic rings. The molecule has 0 heterocycles. The van der Waals surface area contributed by atoms with Gasteiger partial charge in [0.05, 0.1) is 9.82 Å². The number of benzene rings is 1. The first-order valence-electron chi connectivity index (χ1n) is 5.66. The summed E-state index contributed by atoms with van der Waals surface area (Å²) in [6, 6.07) is 6.37. The van der Waals surface area contributed by atoms with Crippen LogP contribution in [0.15, 0.2) is 29.2 Å². The third-order valence-electron chi connectivity index (χ3n) is 2.59. The van der Waals surface area contributed by atoms with Crippen molar-refractivity contribution < 1.29 is 14.8 Å². The molecule has 104 valence electrons. The molecule has 0 saturated heterocycles. The van der Waals surface area contributed by atoms with Crippen molar-refractivity contribution in [3.63, 3.8) is 0 Å². The molecule has 1 aromatic carbocycles. The van der Waals surface area contributed by atoms with Crippen molar-refractivity contribution in [3.05, 3.63) is 34.4 Å². The topological polar surface area (TPSA) is 106 Å². The van der Waals surface area contributed by atoms with Crippen LogP contribution < -0.4 is 5.73 Å². The second-order valence-electron chi connectivity index (χ2n) is 4.58. The number of thioether (sulfide) groups is 1. The maximum absolute atomic E-state index is 10.9. The number of hydrogen-bond acceptors (Lipinski definition) is 5. The number of nitrogens with two attached hydrogens (primary N) is 1. The van der Waals surface area contributed by atoms with E-state index in [2.05, 4.69) is 0 Å². The fourth-order valence-electron chi connectivity index (χ4n) is 1.65. The van der Waals surface area contributed by atoms with Gasteiger partial charge in [-0.25, -0.2) is 0 Å². The highest BCUT2D eigenvalue weighted by molar-refractivity contribution is 8.00.